The zero-order valence-electron chi connectivity index (χ0n) is 17.7. The number of hydrogen-bond donors (Lipinski definition) is 2. The largest absolute Gasteiger partial charge is 0.354 e. The average Bonchev–Trinajstić information content (AvgIpc) is 3.25. The lowest BCUT2D eigenvalue weighted by molar-refractivity contribution is 0.102. The second kappa shape index (κ2) is 8.61. The fraction of sp³-hybridized carbons (Fsp3) is 0.208. The van der Waals surface area contributed by atoms with Crippen LogP contribution in [0.3, 0.4) is 0 Å². The molecule has 0 radical (unpaired) electrons. The van der Waals surface area contributed by atoms with Gasteiger partial charge < -0.3 is 20.1 Å². The van der Waals surface area contributed by atoms with Gasteiger partial charge in [0.15, 0.2) is 0 Å². The molecule has 0 saturated carbocycles. The number of amides is 1. The second-order valence-electron chi connectivity index (χ2n) is 7.95. The summed E-state index contributed by atoms with van der Waals surface area (Å²) < 4.78 is 0. The summed E-state index contributed by atoms with van der Waals surface area (Å²) in [6, 6.07) is 16.9. The minimum absolute atomic E-state index is 0.222. The highest BCUT2D eigenvalue weighted by atomic mass is 35.5. The van der Waals surface area contributed by atoms with Crippen LogP contribution >= 0.6 is 11.6 Å². The number of carbonyl (C=O) groups is 1. The highest BCUT2D eigenvalue weighted by Crippen LogP contribution is 2.30. The van der Waals surface area contributed by atoms with Crippen LogP contribution < -0.4 is 10.2 Å². The lowest BCUT2D eigenvalue weighted by atomic mass is 10.1. The number of fused-ring (bicyclic) bond motifs is 1. The topological polar surface area (TPSA) is 77.1 Å². The van der Waals surface area contributed by atoms with Crippen LogP contribution in [0.2, 0.25) is 5.02 Å². The monoisotopic (exact) mass is 446 g/mol. The molecule has 2 aromatic heterocycles. The van der Waals surface area contributed by atoms with Crippen LogP contribution in [0.15, 0.2) is 60.8 Å². The zero-order chi connectivity index (χ0) is 22.1. The molecular formula is C24H23ClN6O. The number of rotatable bonds is 4. The van der Waals surface area contributed by atoms with Crippen LogP contribution in [0.5, 0.6) is 0 Å². The summed E-state index contributed by atoms with van der Waals surface area (Å²) in [5.41, 5.74) is 3.66. The van der Waals surface area contributed by atoms with E-state index in [4.69, 9.17) is 11.6 Å². The highest BCUT2D eigenvalue weighted by molar-refractivity contribution is 6.33. The number of piperazine rings is 1. The van der Waals surface area contributed by atoms with E-state index in [9.17, 15) is 4.79 Å². The van der Waals surface area contributed by atoms with Gasteiger partial charge in [-0.05, 0) is 49.5 Å². The third-order valence-electron chi connectivity index (χ3n) is 5.71. The molecule has 5 rings (SSSR count). The van der Waals surface area contributed by atoms with E-state index >= 15 is 0 Å². The molecule has 1 aliphatic rings. The van der Waals surface area contributed by atoms with Crippen LogP contribution in [0.25, 0.3) is 22.4 Å². The number of likely N-dealkylation sites (N-methyl/N-ethyl adjacent to an activating group) is 1. The number of nitrogens with zero attached hydrogens (tertiary/aromatic N) is 4. The summed E-state index contributed by atoms with van der Waals surface area (Å²) in [5, 5.41) is 3.49. The van der Waals surface area contributed by atoms with Gasteiger partial charge in [-0.25, -0.2) is 9.97 Å². The van der Waals surface area contributed by atoms with E-state index in [1.54, 1.807) is 18.3 Å². The minimum Gasteiger partial charge on any atom is -0.354 e. The van der Waals surface area contributed by atoms with Crippen molar-refractivity contribution in [1.82, 2.24) is 19.9 Å². The van der Waals surface area contributed by atoms with E-state index in [1.807, 2.05) is 42.5 Å². The summed E-state index contributed by atoms with van der Waals surface area (Å²) in [6.07, 6.45) is 1.62. The lowest BCUT2D eigenvalue weighted by Crippen LogP contribution is -2.44. The van der Waals surface area contributed by atoms with Gasteiger partial charge in [0, 0.05) is 43.6 Å². The van der Waals surface area contributed by atoms with Crippen LogP contribution in [-0.2, 0) is 0 Å². The van der Waals surface area contributed by atoms with Crippen molar-refractivity contribution in [3.63, 3.8) is 0 Å². The Morgan fingerprint density at radius 3 is 2.62 bits per heavy atom. The number of anilines is 2. The maximum atomic E-state index is 12.8. The number of aromatic amines is 1. The molecule has 0 bridgehead atoms. The van der Waals surface area contributed by atoms with Crippen molar-refractivity contribution in [2.24, 2.45) is 0 Å². The van der Waals surface area contributed by atoms with Crippen LogP contribution in [0.4, 0.5) is 11.5 Å². The van der Waals surface area contributed by atoms with Crippen molar-refractivity contribution in [2.45, 2.75) is 0 Å². The summed E-state index contributed by atoms with van der Waals surface area (Å²) in [7, 11) is 2.12. The minimum atomic E-state index is -0.222. The number of hydrogen-bond acceptors (Lipinski definition) is 5. The zero-order valence-corrected chi connectivity index (χ0v) is 18.4. The first-order valence-electron chi connectivity index (χ1n) is 10.5. The maximum absolute atomic E-state index is 12.8. The Labute approximate surface area is 191 Å². The Hall–Kier alpha value is -3.42. The quantitative estimate of drug-likeness (QED) is 0.489. The second-order valence-corrected chi connectivity index (χ2v) is 8.35. The van der Waals surface area contributed by atoms with Gasteiger partial charge in [-0.1, -0.05) is 23.7 Å². The number of pyridine rings is 1. The van der Waals surface area contributed by atoms with Crippen LogP contribution in [-0.4, -0.2) is 59.0 Å². The molecule has 1 fully saturated rings. The van der Waals surface area contributed by atoms with Gasteiger partial charge in [-0.3, -0.25) is 4.79 Å². The highest BCUT2D eigenvalue weighted by Gasteiger charge is 2.16. The molecule has 4 aromatic rings. The normalized spacial score (nSPS) is 14.6. The first-order chi connectivity index (χ1) is 15.6. The van der Waals surface area contributed by atoms with E-state index < -0.39 is 0 Å². The molecule has 2 aromatic carbocycles. The Bertz CT molecular complexity index is 1230. The molecule has 0 aliphatic carbocycles. The summed E-state index contributed by atoms with van der Waals surface area (Å²) in [4.78, 5) is 29.7. The molecule has 162 valence electrons. The number of aromatic nitrogens is 3. The number of nitrogens with one attached hydrogen (secondary N) is 2. The standard InChI is InChI=1S/C24H23ClN6O/c1-30-10-12-31(13-11-30)22-9-6-16(15-26-22)24(32)27-17-7-8-19(25)18(14-17)23-28-20-4-2-3-5-21(20)29-23/h2-9,14-15H,10-13H2,1H3,(H,27,32)(H,28,29). The van der Waals surface area contributed by atoms with Gasteiger partial charge in [-0.2, -0.15) is 0 Å². The number of imidazole rings is 1. The fourth-order valence-electron chi connectivity index (χ4n) is 3.81. The first kappa shape index (κ1) is 20.5. The summed E-state index contributed by atoms with van der Waals surface area (Å²) >= 11 is 6.42. The van der Waals surface area contributed by atoms with E-state index in [2.05, 4.69) is 37.1 Å². The number of H-pyrrole nitrogens is 1. The molecule has 2 N–H and O–H groups in total. The molecule has 0 unspecified atom stereocenters. The molecule has 1 saturated heterocycles. The predicted octanol–water partition coefficient (Wildman–Crippen LogP) is 4.28. The molecule has 32 heavy (non-hydrogen) atoms. The molecule has 0 atom stereocenters. The molecule has 8 heteroatoms. The summed E-state index contributed by atoms with van der Waals surface area (Å²) in [5.74, 6) is 1.33. The van der Waals surface area contributed by atoms with Crippen LogP contribution in [0.1, 0.15) is 10.4 Å². The SMILES string of the molecule is CN1CCN(c2ccc(C(=O)Nc3ccc(Cl)c(-c4nc5ccccc5[nH]4)c3)cn2)CC1. The van der Waals surface area contributed by atoms with E-state index in [0.717, 1.165) is 48.6 Å². The number of halogens is 1. The van der Waals surface area contributed by atoms with Gasteiger partial charge in [-0.15, -0.1) is 0 Å². The Balaban J connectivity index is 1.33. The van der Waals surface area contributed by atoms with Gasteiger partial charge in [0.2, 0.25) is 0 Å². The van der Waals surface area contributed by atoms with Crippen molar-refractivity contribution < 1.29 is 4.79 Å². The molecule has 1 aliphatic heterocycles. The Morgan fingerprint density at radius 2 is 1.88 bits per heavy atom. The molecular weight excluding hydrogens is 424 g/mol. The third kappa shape index (κ3) is 4.17. The average molecular weight is 447 g/mol. The molecule has 0 spiro atoms. The lowest BCUT2D eigenvalue weighted by Gasteiger charge is -2.33. The van der Waals surface area contributed by atoms with Crippen molar-refractivity contribution in [3.05, 3.63) is 71.4 Å². The number of carbonyl (C=O) groups excluding carboxylic acids is 1. The van der Waals surface area contributed by atoms with Gasteiger partial charge >= 0.3 is 0 Å². The molecule has 3 heterocycles. The number of para-hydroxylation sites is 2. The van der Waals surface area contributed by atoms with Crippen molar-refractivity contribution in [2.75, 3.05) is 43.4 Å². The van der Waals surface area contributed by atoms with Crippen molar-refractivity contribution in [3.8, 4) is 11.4 Å². The fourth-order valence-corrected chi connectivity index (χ4v) is 4.02. The molecule has 7 nitrogen and oxygen atoms in total. The van der Waals surface area contributed by atoms with Crippen molar-refractivity contribution >= 4 is 40.0 Å². The Morgan fingerprint density at radius 1 is 1.06 bits per heavy atom. The van der Waals surface area contributed by atoms with Gasteiger partial charge in [0.05, 0.1) is 21.6 Å². The maximum Gasteiger partial charge on any atom is 0.257 e. The Kier molecular flexibility index (Phi) is 5.51. The van der Waals surface area contributed by atoms with E-state index in [-0.39, 0.29) is 5.91 Å². The molecule has 1 amide bonds. The third-order valence-corrected chi connectivity index (χ3v) is 6.04. The van der Waals surface area contributed by atoms with Crippen LogP contribution in [0, 0.1) is 0 Å². The predicted molar refractivity (Wildman–Crippen MR) is 128 cm³/mol. The van der Waals surface area contributed by atoms with E-state index in [1.165, 1.54) is 0 Å². The van der Waals surface area contributed by atoms with Crippen molar-refractivity contribution in [1.29, 1.82) is 0 Å². The summed E-state index contributed by atoms with van der Waals surface area (Å²) in [6.45, 7) is 3.89. The van der Waals surface area contributed by atoms with Gasteiger partial charge in [0.1, 0.15) is 11.6 Å². The van der Waals surface area contributed by atoms with E-state index in [0.29, 0.717) is 22.1 Å². The number of benzene rings is 2. The first-order valence-corrected chi connectivity index (χ1v) is 10.9. The smallest absolute Gasteiger partial charge is 0.257 e. The van der Waals surface area contributed by atoms with Gasteiger partial charge in [0.25, 0.3) is 5.91 Å².